The van der Waals surface area contributed by atoms with E-state index in [9.17, 15) is 9.59 Å². The maximum atomic E-state index is 11.1. The number of ether oxygens (including phenoxy) is 2. The normalized spacial score (nSPS) is 21.7. The molecule has 0 amide bonds. The summed E-state index contributed by atoms with van der Waals surface area (Å²) in [6, 6.07) is 0. The van der Waals surface area contributed by atoms with Crippen molar-refractivity contribution in [1.82, 2.24) is 0 Å². The van der Waals surface area contributed by atoms with E-state index in [1.165, 1.54) is 12.2 Å². The summed E-state index contributed by atoms with van der Waals surface area (Å²) in [7, 11) is 0. The molecule has 0 aromatic heterocycles. The van der Waals surface area contributed by atoms with Gasteiger partial charge in [0.25, 0.3) is 0 Å². The summed E-state index contributed by atoms with van der Waals surface area (Å²) < 4.78 is 10.00. The van der Waals surface area contributed by atoms with E-state index in [0.717, 1.165) is 0 Å². The Labute approximate surface area is 68.5 Å². The van der Waals surface area contributed by atoms with E-state index in [0.29, 0.717) is 13.2 Å². The van der Waals surface area contributed by atoms with Crippen LogP contribution in [0.5, 0.6) is 0 Å². The van der Waals surface area contributed by atoms with Crippen LogP contribution in [0.4, 0.5) is 0 Å². The Morgan fingerprint density at radius 3 is 1.75 bits per heavy atom. The molecule has 0 spiro atoms. The van der Waals surface area contributed by atoms with Gasteiger partial charge in [0.1, 0.15) is 13.2 Å². The van der Waals surface area contributed by atoms with Crippen LogP contribution in [0.1, 0.15) is 0 Å². The van der Waals surface area contributed by atoms with Gasteiger partial charge in [-0.2, -0.15) is 0 Å². The van der Waals surface area contributed by atoms with Crippen molar-refractivity contribution in [1.29, 1.82) is 0 Å². The minimum absolute atomic E-state index is 0.0498. The fourth-order valence-electron chi connectivity index (χ4n) is 1.09. The van der Waals surface area contributed by atoms with Gasteiger partial charge in [0.05, 0.1) is 0 Å². The summed E-state index contributed by atoms with van der Waals surface area (Å²) in [5, 5.41) is 0. The molecule has 1 aliphatic heterocycles. The summed E-state index contributed by atoms with van der Waals surface area (Å²) in [6.07, 6.45) is 2.38. The van der Waals surface area contributed by atoms with Gasteiger partial charge in [0.2, 0.25) is 23.1 Å². The minimum Gasteiger partial charge on any atom is -0.483 e. The molecule has 2 aliphatic rings. The smallest absolute Gasteiger partial charge is 0.224 e. The van der Waals surface area contributed by atoms with E-state index in [1.54, 1.807) is 0 Å². The predicted octanol–water partition coefficient (Wildman–Crippen LogP) is -0.0472. The van der Waals surface area contributed by atoms with E-state index >= 15 is 0 Å². The highest BCUT2D eigenvalue weighted by Gasteiger charge is 2.28. The number of hydrogen-bond acceptors (Lipinski definition) is 4. The van der Waals surface area contributed by atoms with Crippen LogP contribution < -0.4 is 0 Å². The SMILES string of the molecule is O=C1C=CC(=O)C2=C1OCCO2. The van der Waals surface area contributed by atoms with Crippen LogP contribution in [0, 0.1) is 0 Å². The summed E-state index contributed by atoms with van der Waals surface area (Å²) >= 11 is 0. The second-order valence-electron chi connectivity index (χ2n) is 2.42. The van der Waals surface area contributed by atoms with Crippen molar-refractivity contribution in [2.75, 3.05) is 13.2 Å². The molecular formula is C8H6O4. The minimum atomic E-state index is -0.302. The molecule has 0 radical (unpaired) electrons. The van der Waals surface area contributed by atoms with Gasteiger partial charge < -0.3 is 9.47 Å². The summed E-state index contributed by atoms with van der Waals surface area (Å²) in [5.41, 5.74) is 0. The third-order valence-electron chi connectivity index (χ3n) is 1.62. The maximum absolute atomic E-state index is 11.1. The molecule has 2 rings (SSSR count). The van der Waals surface area contributed by atoms with Gasteiger partial charge in [-0.1, -0.05) is 0 Å². The molecule has 1 aliphatic carbocycles. The average molecular weight is 166 g/mol. The zero-order valence-corrected chi connectivity index (χ0v) is 6.20. The lowest BCUT2D eigenvalue weighted by Crippen LogP contribution is -2.25. The highest BCUT2D eigenvalue weighted by atomic mass is 16.6. The first-order valence-corrected chi connectivity index (χ1v) is 3.55. The standard InChI is InChI=1S/C8H6O4/c9-5-1-2-6(10)8-7(5)11-3-4-12-8/h1-2H,3-4H2. The number of hydrogen-bond donors (Lipinski definition) is 0. The van der Waals surface area contributed by atoms with Gasteiger partial charge in [-0.15, -0.1) is 0 Å². The fourth-order valence-corrected chi connectivity index (χ4v) is 1.09. The molecule has 0 N–H and O–H groups in total. The lowest BCUT2D eigenvalue weighted by atomic mass is 10.1. The third-order valence-corrected chi connectivity index (χ3v) is 1.62. The molecule has 4 nitrogen and oxygen atoms in total. The highest BCUT2D eigenvalue weighted by Crippen LogP contribution is 2.19. The lowest BCUT2D eigenvalue weighted by Gasteiger charge is -2.20. The van der Waals surface area contributed by atoms with Gasteiger partial charge in [0, 0.05) is 0 Å². The van der Waals surface area contributed by atoms with Crippen LogP contribution in [-0.4, -0.2) is 24.8 Å². The molecule has 12 heavy (non-hydrogen) atoms. The quantitative estimate of drug-likeness (QED) is 0.473. The van der Waals surface area contributed by atoms with Crippen LogP contribution in [0.2, 0.25) is 0 Å². The zero-order valence-electron chi connectivity index (χ0n) is 6.20. The third kappa shape index (κ3) is 0.922. The Hall–Kier alpha value is -1.58. The van der Waals surface area contributed by atoms with Gasteiger partial charge in [0.15, 0.2) is 0 Å². The van der Waals surface area contributed by atoms with E-state index in [1.807, 2.05) is 0 Å². The molecule has 1 heterocycles. The second-order valence-corrected chi connectivity index (χ2v) is 2.42. The molecule has 0 unspecified atom stereocenters. The highest BCUT2D eigenvalue weighted by molar-refractivity contribution is 6.18. The number of carbonyl (C=O) groups excluding carboxylic acids is 2. The molecule has 0 saturated carbocycles. The Kier molecular flexibility index (Phi) is 1.46. The van der Waals surface area contributed by atoms with Crippen molar-refractivity contribution in [3.05, 3.63) is 23.7 Å². The van der Waals surface area contributed by atoms with Crippen molar-refractivity contribution >= 4 is 11.6 Å². The van der Waals surface area contributed by atoms with Crippen LogP contribution >= 0.6 is 0 Å². The summed E-state index contributed by atoms with van der Waals surface area (Å²) in [6.45, 7) is 0.650. The number of rotatable bonds is 0. The molecule has 0 bridgehead atoms. The zero-order chi connectivity index (χ0) is 8.55. The van der Waals surface area contributed by atoms with E-state index in [2.05, 4.69) is 0 Å². The second kappa shape index (κ2) is 2.48. The van der Waals surface area contributed by atoms with E-state index in [4.69, 9.17) is 9.47 Å². The Bertz CT molecular complexity index is 281. The number of ketones is 2. The van der Waals surface area contributed by atoms with Crippen LogP contribution in [0.15, 0.2) is 23.7 Å². The van der Waals surface area contributed by atoms with E-state index < -0.39 is 0 Å². The molecule has 0 saturated heterocycles. The molecule has 4 heteroatoms. The Morgan fingerprint density at radius 2 is 1.33 bits per heavy atom. The van der Waals surface area contributed by atoms with Gasteiger partial charge in [-0.3, -0.25) is 9.59 Å². The average Bonchev–Trinajstić information content (AvgIpc) is 2.12. The van der Waals surface area contributed by atoms with Crippen LogP contribution in [0.3, 0.4) is 0 Å². The first-order chi connectivity index (χ1) is 5.79. The topological polar surface area (TPSA) is 52.6 Å². The fraction of sp³-hybridized carbons (Fsp3) is 0.250. The van der Waals surface area contributed by atoms with Crippen LogP contribution in [-0.2, 0) is 19.1 Å². The first kappa shape index (κ1) is 7.09. The molecule has 0 aromatic rings. The van der Waals surface area contributed by atoms with Crippen molar-refractivity contribution in [2.45, 2.75) is 0 Å². The Morgan fingerprint density at radius 1 is 0.917 bits per heavy atom. The molecule has 0 atom stereocenters. The van der Waals surface area contributed by atoms with Gasteiger partial charge in [-0.25, -0.2) is 0 Å². The molecule has 62 valence electrons. The van der Waals surface area contributed by atoms with Crippen LogP contribution in [0.25, 0.3) is 0 Å². The summed E-state index contributed by atoms with van der Waals surface area (Å²) in [4.78, 5) is 22.1. The van der Waals surface area contributed by atoms with Crippen molar-refractivity contribution in [3.63, 3.8) is 0 Å². The lowest BCUT2D eigenvalue weighted by molar-refractivity contribution is -0.123. The van der Waals surface area contributed by atoms with Gasteiger partial charge in [-0.05, 0) is 12.2 Å². The Balaban J connectivity index is 2.43. The molecular weight excluding hydrogens is 160 g/mol. The predicted molar refractivity (Wildman–Crippen MR) is 38.1 cm³/mol. The monoisotopic (exact) mass is 166 g/mol. The number of allylic oxidation sites excluding steroid dienone is 2. The maximum Gasteiger partial charge on any atom is 0.224 e. The first-order valence-electron chi connectivity index (χ1n) is 3.55. The largest absolute Gasteiger partial charge is 0.483 e. The van der Waals surface area contributed by atoms with Gasteiger partial charge >= 0.3 is 0 Å². The summed E-state index contributed by atoms with van der Waals surface area (Å²) in [5.74, 6) is -0.504. The van der Waals surface area contributed by atoms with Crippen molar-refractivity contribution in [2.24, 2.45) is 0 Å². The van der Waals surface area contributed by atoms with Crippen molar-refractivity contribution in [3.8, 4) is 0 Å². The van der Waals surface area contributed by atoms with Crippen molar-refractivity contribution < 1.29 is 19.1 Å². The molecule has 0 aromatic carbocycles. The molecule has 0 fully saturated rings. The van der Waals surface area contributed by atoms with E-state index in [-0.39, 0.29) is 23.1 Å². The number of carbonyl (C=O) groups is 2.